The van der Waals surface area contributed by atoms with E-state index < -0.39 is 15.5 Å². The predicted octanol–water partition coefficient (Wildman–Crippen LogP) is 4.86. The van der Waals surface area contributed by atoms with Gasteiger partial charge in [-0.1, -0.05) is 23.7 Å². The number of nitrogens with zero attached hydrogens (tertiary/aromatic N) is 3. The van der Waals surface area contributed by atoms with Crippen LogP contribution in [0.15, 0.2) is 64.1 Å². The van der Waals surface area contributed by atoms with Crippen molar-refractivity contribution < 1.29 is 14.3 Å². The number of nitro groups is 2. The highest BCUT2D eigenvalue weighted by Crippen LogP contribution is 2.29. The zero-order chi connectivity index (χ0) is 19.4. The molecule has 0 bridgehead atoms. The van der Waals surface area contributed by atoms with Crippen molar-refractivity contribution in [2.24, 2.45) is 5.10 Å². The second kappa shape index (κ2) is 7.67. The molecule has 0 aliphatic rings. The molecule has 0 atom stereocenters. The molecule has 0 saturated heterocycles. The standard InChI is InChI=1S/C17H11ClN4O5/c18-12-3-1-2-11(8-12)17-7-5-14(27-17)10-19-20-15-6-4-13(21(23)24)9-16(15)22(25)26/h1-10,20H/b19-10-. The van der Waals surface area contributed by atoms with Gasteiger partial charge in [-0.15, -0.1) is 0 Å². The molecule has 3 rings (SSSR count). The smallest absolute Gasteiger partial charge is 0.301 e. The zero-order valence-electron chi connectivity index (χ0n) is 13.5. The first kappa shape index (κ1) is 18.1. The van der Waals surface area contributed by atoms with E-state index in [0.29, 0.717) is 16.5 Å². The third-order valence-electron chi connectivity index (χ3n) is 3.50. The molecule has 136 valence electrons. The number of benzene rings is 2. The lowest BCUT2D eigenvalue weighted by molar-refractivity contribution is -0.393. The van der Waals surface area contributed by atoms with Gasteiger partial charge in [0.15, 0.2) is 0 Å². The number of non-ortho nitro benzene ring substituents is 1. The van der Waals surface area contributed by atoms with Crippen LogP contribution in [0.4, 0.5) is 17.1 Å². The fourth-order valence-corrected chi connectivity index (χ4v) is 2.45. The summed E-state index contributed by atoms with van der Waals surface area (Å²) in [5.74, 6) is 0.988. The number of halogens is 1. The van der Waals surface area contributed by atoms with Crippen molar-refractivity contribution in [2.45, 2.75) is 0 Å². The summed E-state index contributed by atoms with van der Waals surface area (Å²) in [4.78, 5) is 20.4. The summed E-state index contributed by atoms with van der Waals surface area (Å²) < 4.78 is 5.62. The third kappa shape index (κ3) is 4.28. The van der Waals surface area contributed by atoms with Gasteiger partial charge in [0, 0.05) is 16.7 Å². The Bertz CT molecular complexity index is 1050. The minimum atomic E-state index is -0.727. The Labute approximate surface area is 157 Å². The first-order valence-corrected chi connectivity index (χ1v) is 7.89. The Hall–Kier alpha value is -3.72. The molecule has 0 aliphatic heterocycles. The number of furan rings is 1. The van der Waals surface area contributed by atoms with Crippen LogP contribution in [0, 0.1) is 20.2 Å². The summed E-state index contributed by atoms with van der Waals surface area (Å²) in [5, 5.41) is 26.3. The first-order chi connectivity index (χ1) is 12.9. The maximum atomic E-state index is 11.1. The Morgan fingerprint density at radius 1 is 1.04 bits per heavy atom. The van der Waals surface area contributed by atoms with Crippen LogP contribution in [0.2, 0.25) is 5.02 Å². The quantitative estimate of drug-likeness (QED) is 0.366. The SMILES string of the molecule is O=[N+]([O-])c1ccc(N/N=C\c2ccc(-c3cccc(Cl)c3)o2)c([N+](=O)[O-])c1. The number of nitro benzene ring substituents is 2. The van der Waals surface area contributed by atoms with Crippen molar-refractivity contribution in [1.82, 2.24) is 0 Å². The summed E-state index contributed by atoms with van der Waals surface area (Å²) in [5.41, 5.74) is 2.46. The minimum absolute atomic E-state index is 0.0171. The van der Waals surface area contributed by atoms with E-state index in [-0.39, 0.29) is 11.4 Å². The van der Waals surface area contributed by atoms with E-state index in [9.17, 15) is 20.2 Å². The van der Waals surface area contributed by atoms with Gasteiger partial charge in [-0.3, -0.25) is 25.7 Å². The van der Waals surface area contributed by atoms with Crippen molar-refractivity contribution in [3.05, 3.63) is 85.6 Å². The lowest BCUT2D eigenvalue weighted by Gasteiger charge is -2.01. The monoisotopic (exact) mass is 386 g/mol. The van der Waals surface area contributed by atoms with Gasteiger partial charge in [0.2, 0.25) is 0 Å². The average Bonchev–Trinajstić information content (AvgIpc) is 3.10. The van der Waals surface area contributed by atoms with Crippen LogP contribution in [0.5, 0.6) is 0 Å². The average molecular weight is 387 g/mol. The fourth-order valence-electron chi connectivity index (χ4n) is 2.26. The van der Waals surface area contributed by atoms with Crippen LogP contribution < -0.4 is 5.43 Å². The van der Waals surface area contributed by atoms with Crippen LogP contribution in [0.25, 0.3) is 11.3 Å². The Morgan fingerprint density at radius 2 is 1.85 bits per heavy atom. The number of hydrazone groups is 1. The van der Waals surface area contributed by atoms with E-state index in [4.69, 9.17) is 16.0 Å². The molecule has 0 aliphatic carbocycles. The van der Waals surface area contributed by atoms with Crippen LogP contribution in [0.1, 0.15) is 5.76 Å². The van der Waals surface area contributed by atoms with Crippen molar-refractivity contribution in [3.63, 3.8) is 0 Å². The summed E-state index contributed by atoms with van der Waals surface area (Å²) in [6.45, 7) is 0. The molecule has 0 unspecified atom stereocenters. The molecule has 9 nitrogen and oxygen atoms in total. The summed E-state index contributed by atoms with van der Waals surface area (Å²) in [7, 11) is 0. The number of hydrogen-bond donors (Lipinski definition) is 1. The number of nitrogens with one attached hydrogen (secondary N) is 1. The van der Waals surface area contributed by atoms with Crippen LogP contribution in [-0.4, -0.2) is 16.1 Å². The highest BCUT2D eigenvalue weighted by molar-refractivity contribution is 6.30. The van der Waals surface area contributed by atoms with Gasteiger partial charge in [0.1, 0.15) is 17.2 Å². The lowest BCUT2D eigenvalue weighted by Crippen LogP contribution is -1.98. The van der Waals surface area contributed by atoms with Crippen LogP contribution in [-0.2, 0) is 0 Å². The van der Waals surface area contributed by atoms with Gasteiger partial charge in [0.25, 0.3) is 5.69 Å². The third-order valence-corrected chi connectivity index (χ3v) is 3.74. The lowest BCUT2D eigenvalue weighted by atomic mass is 10.2. The molecule has 0 saturated carbocycles. The van der Waals surface area contributed by atoms with Crippen molar-refractivity contribution >= 4 is 34.9 Å². The molecule has 2 aromatic carbocycles. The zero-order valence-corrected chi connectivity index (χ0v) is 14.3. The fraction of sp³-hybridized carbons (Fsp3) is 0. The van der Waals surface area contributed by atoms with Gasteiger partial charge in [-0.05, 0) is 30.3 Å². The maximum Gasteiger partial charge on any atom is 0.301 e. The normalized spacial score (nSPS) is 10.9. The van der Waals surface area contributed by atoms with Gasteiger partial charge in [-0.25, -0.2) is 0 Å². The predicted molar refractivity (Wildman–Crippen MR) is 100 cm³/mol. The summed E-state index contributed by atoms with van der Waals surface area (Å²) in [6.07, 6.45) is 1.33. The molecule has 0 spiro atoms. The molecule has 0 fully saturated rings. The Morgan fingerprint density at radius 3 is 2.56 bits per heavy atom. The van der Waals surface area contributed by atoms with Gasteiger partial charge in [0.05, 0.1) is 22.1 Å². The van der Waals surface area contributed by atoms with Crippen molar-refractivity contribution in [2.75, 3.05) is 5.43 Å². The Kier molecular flexibility index (Phi) is 5.13. The van der Waals surface area contributed by atoms with Crippen molar-refractivity contribution in [3.8, 4) is 11.3 Å². The first-order valence-electron chi connectivity index (χ1n) is 7.52. The molecular weight excluding hydrogens is 376 g/mol. The molecule has 3 aromatic rings. The van der Waals surface area contributed by atoms with Crippen LogP contribution in [0.3, 0.4) is 0 Å². The van der Waals surface area contributed by atoms with E-state index in [1.807, 2.05) is 6.07 Å². The number of anilines is 1. The Balaban J connectivity index is 1.76. The minimum Gasteiger partial charge on any atom is -0.455 e. The van der Waals surface area contributed by atoms with E-state index in [1.165, 1.54) is 12.3 Å². The van der Waals surface area contributed by atoms with E-state index in [1.54, 1.807) is 30.3 Å². The molecule has 1 heterocycles. The molecule has 1 N–H and O–H groups in total. The highest BCUT2D eigenvalue weighted by Gasteiger charge is 2.19. The van der Waals surface area contributed by atoms with Gasteiger partial charge < -0.3 is 4.42 Å². The highest BCUT2D eigenvalue weighted by atomic mass is 35.5. The van der Waals surface area contributed by atoms with E-state index in [2.05, 4.69) is 10.5 Å². The van der Waals surface area contributed by atoms with E-state index >= 15 is 0 Å². The molecule has 0 radical (unpaired) electrons. The molecule has 27 heavy (non-hydrogen) atoms. The summed E-state index contributed by atoms with van der Waals surface area (Å²) >= 11 is 5.95. The topological polar surface area (TPSA) is 124 Å². The van der Waals surface area contributed by atoms with Gasteiger partial charge >= 0.3 is 5.69 Å². The second-order valence-electron chi connectivity index (χ2n) is 5.30. The summed E-state index contributed by atoms with van der Waals surface area (Å²) in [6, 6.07) is 13.8. The number of hydrogen-bond acceptors (Lipinski definition) is 7. The molecule has 1 aromatic heterocycles. The maximum absolute atomic E-state index is 11.1. The number of rotatable bonds is 6. The van der Waals surface area contributed by atoms with Crippen molar-refractivity contribution in [1.29, 1.82) is 0 Å². The second-order valence-corrected chi connectivity index (χ2v) is 5.73. The molecule has 0 amide bonds. The molecular formula is C17H11ClN4O5. The van der Waals surface area contributed by atoms with E-state index in [0.717, 1.165) is 17.7 Å². The van der Waals surface area contributed by atoms with Crippen LogP contribution >= 0.6 is 11.6 Å². The van der Waals surface area contributed by atoms with Gasteiger partial charge in [-0.2, -0.15) is 5.10 Å². The largest absolute Gasteiger partial charge is 0.455 e. The molecule has 10 heteroatoms.